The van der Waals surface area contributed by atoms with Crippen LogP contribution >= 0.6 is 0 Å². The summed E-state index contributed by atoms with van der Waals surface area (Å²) in [7, 11) is 0. The summed E-state index contributed by atoms with van der Waals surface area (Å²) in [6.07, 6.45) is 5.92. The first-order chi connectivity index (χ1) is 18.3. The second-order valence-electron chi connectivity index (χ2n) is 9.13. The second-order valence-corrected chi connectivity index (χ2v) is 9.13. The molecule has 2 aromatic rings. The first kappa shape index (κ1) is 25.1. The van der Waals surface area contributed by atoms with E-state index < -0.39 is 40.8 Å². The maximum atomic E-state index is 13.1. The van der Waals surface area contributed by atoms with E-state index in [0.717, 1.165) is 17.5 Å². The quantitative estimate of drug-likeness (QED) is 0.175. The molecule has 1 heterocycles. The third-order valence-electron chi connectivity index (χ3n) is 6.80. The largest absolute Gasteiger partial charge is 0.490 e. The summed E-state index contributed by atoms with van der Waals surface area (Å²) in [6.45, 7) is 1.22. The molecule has 38 heavy (non-hydrogen) atoms. The molecule has 196 valence electrons. The van der Waals surface area contributed by atoms with Gasteiger partial charge in [0.1, 0.15) is 5.82 Å². The van der Waals surface area contributed by atoms with Gasteiger partial charge in [-0.3, -0.25) is 24.5 Å². The van der Waals surface area contributed by atoms with E-state index in [1.165, 1.54) is 36.5 Å². The molecular formula is C26H23FN4O7. The minimum atomic E-state index is -0.701. The molecule has 4 atom stereocenters. The van der Waals surface area contributed by atoms with Gasteiger partial charge in [0.15, 0.2) is 12.4 Å². The summed E-state index contributed by atoms with van der Waals surface area (Å²) in [6, 6.07) is 7.62. The van der Waals surface area contributed by atoms with Crippen LogP contribution in [-0.4, -0.2) is 47.1 Å². The number of benzene rings is 2. The number of carbonyl (C=O) groups excluding carboxylic acids is 3. The molecule has 11 nitrogen and oxygen atoms in total. The lowest BCUT2D eigenvalue weighted by Gasteiger charge is -2.14. The highest BCUT2D eigenvalue weighted by molar-refractivity contribution is 6.06. The molecule has 2 bridgehead atoms. The van der Waals surface area contributed by atoms with Crippen LogP contribution in [0.2, 0.25) is 0 Å². The lowest BCUT2D eigenvalue weighted by molar-refractivity contribution is -0.385. The number of carbonyl (C=O) groups is 3. The van der Waals surface area contributed by atoms with Gasteiger partial charge in [-0.2, -0.15) is 10.1 Å². The number of allylic oxidation sites excluding steroid dienone is 2. The SMILES string of the molecule is CCOc1cc(C=NN2C(=O)[C@@H]3[C@H](C2=O)[C@H]2C=C[C@H]3C2)cc([N+](=O)[O-])c1OCC(=O)Nc1ccc(F)cc1. The first-order valence-corrected chi connectivity index (χ1v) is 12.0. The molecule has 0 unspecified atom stereocenters. The van der Waals surface area contributed by atoms with Crippen LogP contribution < -0.4 is 14.8 Å². The van der Waals surface area contributed by atoms with Crippen molar-refractivity contribution in [2.24, 2.45) is 28.8 Å². The van der Waals surface area contributed by atoms with Crippen molar-refractivity contribution in [2.45, 2.75) is 13.3 Å². The Balaban J connectivity index is 1.34. The number of fused-ring (bicyclic) bond motifs is 5. The Kier molecular flexibility index (Phi) is 6.62. The van der Waals surface area contributed by atoms with Gasteiger partial charge in [-0.25, -0.2) is 4.39 Å². The molecule has 1 aliphatic heterocycles. The Hall–Kier alpha value is -4.61. The fourth-order valence-electron chi connectivity index (χ4n) is 5.22. The smallest absolute Gasteiger partial charge is 0.315 e. The zero-order valence-corrected chi connectivity index (χ0v) is 20.2. The molecule has 0 radical (unpaired) electrons. The number of nitrogens with zero attached hydrogens (tertiary/aromatic N) is 3. The van der Waals surface area contributed by atoms with Gasteiger partial charge in [0.05, 0.1) is 29.6 Å². The molecular weight excluding hydrogens is 499 g/mol. The summed E-state index contributed by atoms with van der Waals surface area (Å²) in [5, 5.41) is 19.2. The monoisotopic (exact) mass is 522 g/mol. The highest BCUT2D eigenvalue weighted by Gasteiger charge is 2.59. The Morgan fingerprint density at radius 2 is 1.82 bits per heavy atom. The number of imide groups is 1. The molecule has 2 aliphatic carbocycles. The van der Waals surface area contributed by atoms with Crippen molar-refractivity contribution in [2.75, 3.05) is 18.5 Å². The fourth-order valence-corrected chi connectivity index (χ4v) is 5.22. The maximum absolute atomic E-state index is 13.1. The Morgan fingerprint density at radius 1 is 1.16 bits per heavy atom. The summed E-state index contributed by atoms with van der Waals surface area (Å²) in [5.41, 5.74) is 0.0252. The highest BCUT2D eigenvalue weighted by Crippen LogP contribution is 2.52. The van der Waals surface area contributed by atoms with Crippen molar-refractivity contribution in [3.63, 3.8) is 0 Å². The van der Waals surface area contributed by atoms with E-state index in [0.29, 0.717) is 5.69 Å². The van der Waals surface area contributed by atoms with E-state index in [1.54, 1.807) is 6.92 Å². The van der Waals surface area contributed by atoms with E-state index in [2.05, 4.69) is 10.4 Å². The molecule has 0 spiro atoms. The molecule has 12 heteroatoms. The summed E-state index contributed by atoms with van der Waals surface area (Å²) >= 11 is 0. The Bertz CT molecular complexity index is 1340. The third kappa shape index (κ3) is 4.60. The van der Waals surface area contributed by atoms with Gasteiger partial charge in [-0.1, -0.05) is 12.2 Å². The van der Waals surface area contributed by atoms with Gasteiger partial charge >= 0.3 is 5.69 Å². The average Bonchev–Trinajstić information content (AvgIpc) is 3.57. The van der Waals surface area contributed by atoms with Crippen molar-refractivity contribution >= 4 is 35.3 Å². The lowest BCUT2D eigenvalue weighted by Crippen LogP contribution is -2.28. The molecule has 2 aromatic carbocycles. The van der Waals surface area contributed by atoms with E-state index >= 15 is 0 Å². The average molecular weight is 522 g/mol. The van der Waals surface area contributed by atoms with Gasteiger partial charge in [-0.15, -0.1) is 0 Å². The number of hydrogen-bond acceptors (Lipinski definition) is 8. The molecule has 3 aliphatic rings. The van der Waals surface area contributed by atoms with Gasteiger partial charge in [0, 0.05) is 17.3 Å². The van der Waals surface area contributed by atoms with Crippen molar-refractivity contribution in [1.29, 1.82) is 0 Å². The lowest BCUT2D eigenvalue weighted by atomic mass is 9.85. The number of hydrazone groups is 1. The highest BCUT2D eigenvalue weighted by atomic mass is 19.1. The molecule has 1 saturated heterocycles. The number of nitro benzene ring substituents is 1. The van der Waals surface area contributed by atoms with Crippen LogP contribution in [0.1, 0.15) is 18.9 Å². The van der Waals surface area contributed by atoms with E-state index in [9.17, 15) is 28.9 Å². The molecule has 3 amide bonds. The normalized spacial score (nSPS) is 23.3. The van der Waals surface area contributed by atoms with Gasteiger partial charge in [-0.05, 0) is 55.5 Å². The predicted octanol–water partition coefficient (Wildman–Crippen LogP) is 3.29. The van der Waals surface area contributed by atoms with Crippen molar-refractivity contribution < 1.29 is 33.2 Å². The predicted molar refractivity (Wildman–Crippen MR) is 132 cm³/mol. The zero-order valence-electron chi connectivity index (χ0n) is 20.2. The number of nitrogens with one attached hydrogen (secondary N) is 1. The summed E-state index contributed by atoms with van der Waals surface area (Å²) in [4.78, 5) is 49.1. The van der Waals surface area contributed by atoms with Crippen LogP contribution in [0.5, 0.6) is 11.5 Å². The van der Waals surface area contributed by atoms with E-state index in [1.807, 2.05) is 12.2 Å². The second kappa shape index (κ2) is 10.0. The molecule has 1 N–H and O–H groups in total. The van der Waals surface area contributed by atoms with Crippen molar-refractivity contribution in [3.05, 3.63) is 70.0 Å². The Morgan fingerprint density at radius 3 is 2.42 bits per heavy atom. The summed E-state index contributed by atoms with van der Waals surface area (Å²) in [5.74, 6) is -2.90. The zero-order chi connectivity index (χ0) is 27.0. The van der Waals surface area contributed by atoms with Crippen LogP contribution in [0.25, 0.3) is 0 Å². The van der Waals surface area contributed by atoms with Crippen LogP contribution in [0.4, 0.5) is 15.8 Å². The third-order valence-corrected chi connectivity index (χ3v) is 6.80. The van der Waals surface area contributed by atoms with Crippen LogP contribution in [0, 0.1) is 39.6 Å². The first-order valence-electron chi connectivity index (χ1n) is 12.0. The van der Waals surface area contributed by atoms with Crippen molar-refractivity contribution in [3.8, 4) is 11.5 Å². The van der Waals surface area contributed by atoms with Gasteiger partial charge in [0.25, 0.3) is 17.7 Å². The topological polar surface area (TPSA) is 140 Å². The minimum Gasteiger partial charge on any atom is -0.490 e. The van der Waals surface area contributed by atoms with Gasteiger partial charge in [0.2, 0.25) is 5.75 Å². The van der Waals surface area contributed by atoms with Gasteiger partial charge < -0.3 is 14.8 Å². The van der Waals surface area contributed by atoms with E-state index in [4.69, 9.17) is 9.47 Å². The molecule has 1 saturated carbocycles. The van der Waals surface area contributed by atoms with Crippen LogP contribution in [0.15, 0.2) is 53.7 Å². The standard InChI is InChI=1S/C26H23FN4O7/c1-2-37-20-10-14(12-28-30-25(33)22-15-3-4-16(11-15)23(22)26(30)34)9-19(31(35)36)24(20)38-13-21(32)29-18-7-5-17(27)6-8-18/h3-10,12,15-16,22-23H,2,11,13H2,1H3,(H,29,32)/t15-,16-,22-,23+/m0/s1. The summed E-state index contributed by atoms with van der Waals surface area (Å²) < 4.78 is 24.1. The fraction of sp³-hybridized carbons (Fsp3) is 0.308. The number of nitro groups is 1. The van der Waals surface area contributed by atoms with Crippen molar-refractivity contribution in [1.82, 2.24) is 5.01 Å². The maximum Gasteiger partial charge on any atom is 0.315 e. The number of rotatable bonds is 9. The molecule has 2 fully saturated rings. The molecule has 0 aromatic heterocycles. The minimum absolute atomic E-state index is 0.0177. The number of hydrogen-bond donors (Lipinski definition) is 1. The number of ether oxygens (including phenoxy) is 2. The Labute approximate surface area is 216 Å². The number of amides is 3. The van der Waals surface area contributed by atoms with E-state index in [-0.39, 0.29) is 47.3 Å². The number of halogens is 1. The van der Waals surface area contributed by atoms with Crippen LogP contribution in [-0.2, 0) is 14.4 Å². The number of anilines is 1. The van der Waals surface area contributed by atoms with Crippen LogP contribution in [0.3, 0.4) is 0 Å². The molecule has 5 rings (SSSR count).